The highest BCUT2D eigenvalue weighted by Crippen LogP contribution is 2.45. The fraction of sp³-hybridized carbons (Fsp3) is 0.407. The first-order valence-electron chi connectivity index (χ1n) is 10.7. The number of hydrogen-bond donors (Lipinski definition) is 0. The summed E-state index contributed by atoms with van der Waals surface area (Å²) in [6.45, 7) is 1.54. The number of hydrogen-bond acceptors (Lipinski definition) is 2. The summed E-state index contributed by atoms with van der Waals surface area (Å²) < 4.78 is 0. The van der Waals surface area contributed by atoms with Gasteiger partial charge in [-0.15, -0.1) is 6.42 Å². The second-order valence-corrected chi connectivity index (χ2v) is 8.23. The minimum atomic E-state index is -0.640. The van der Waals surface area contributed by atoms with Gasteiger partial charge < -0.3 is 9.59 Å². The van der Waals surface area contributed by atoms with Crippen molar-refractivity contribution in [2.45, 2.75) is 58.3 Å². The lowest BCUT2D eigenvalue weighted by atomic mass is 9.64. The van der Waals surface area contributed by atoms with E-state index in [2.05, 4.69) is 54.5 Å². The highest BCUT2D eigenvalue weighted by atomic mass is 16.1. The molecular formula is C27H30O2. The van der Waals surface area contributed by atoms with Crippen LogP contribution in [0.15, 0.2) is 54.1 Å². The Bertz CT molecular complexity index is 941. The van der Waals surface area contributed by atoms with E-state index in [-0.39, 0.29) is 12.2 Å². The first-order chi connectivity index (χ1) is 14.1. The molecule has 0 amide bonds. The summed E-state index contributed by atoms with van der Waals surface area (Å²) in [4.78, 5) is 23.9. The average Bonchev–Trinajstić information content (AvgIpc) is 2.72. The van der Waals surface area contributed by atoms with Crippen molar-refractivity contribution < 1.29 is 9.59 Å². The zero-order chi connectivity index (χ0) is 20.7. The summed E-state index contributed by atoms with van der Waals surface area (Å²) in [5, 5.41) is 2.51. The molecule has 0 aliphatic heterocycles. The Labute approximate surface area is 174 Å². The molecule has 0 bridgehead atoms. The summed E-state index contributed by atoms with van der Waals surface area (Å²) in [7, 11) is 0. The van der Waals surface area contributed by atoms with Gasteiger partial charge in [0.2, 0.25) is 0 Å². The third kappa shape index (κ3) is 4.67. The van der Waals surface area contributed by atoms with E-state index >= 15 is 0 Å². The molecule has 2 atom stereocenters. The van der Waals surface area contributed by atoms with Crippen molar-refractivity contribution in [2.75, 3.05) is 0 Å². The van der Waals surface area contributed by atoms with E-state index in [9.17, 15) is 9.59 Å². The zero-order valence-corrected chi connectivity index (χ0v) is 17.3. The van der Waals surface area contributed by atoms with Crippen molar-refractivity contribution >= 4 is 22.8 Å². The van der Waals surface area contributed by atoms with E-state index in [4.69, 9.17) is 6.42 Å². The van der Waals surface area contributed by atoms with Crippen molar-refractivity contribution in [3.63, 3.8) is 0 Å². The van der Waals surface area contributed by atoms with Crippen molar-refractivity contribution in [1.82, 2.24) is 0 Å². The van der Waals surface area contributed by atoms with Crippen LogP contribution >= 0.6 is 0 Å². The smallest absolute Gasteiger partial charge is 0.130 e. The lowest BCUT2D eigenvalue weighted by molar-refractivity contribution is -0.123. The zero-order valence-electron chi connectivity index (χ0n) is 17.3. The van der Waals surface area contributed by atoms with Crippen LogP contribution in [0.4, 0.5) is 0 Å². The molecule has 1 unspecified atom stereocenters. The van der Waals surface area contributed by atoms with E-state index in [0.717, 1.165) is 51.2 Å². The number of terminal acetylenes is 1. The maximum Gasteiger partial charge on any atom is 0.130 e. The number of rotatable bonds is 7. The molecular weight excluding hydrogens is 356 g/mol. The fourth-order valence-corrected chi connectivity index (χ4v) is 4.79. The van der Waals surface area contributed by atoms with E-state index in [1.165, 1.54) is 21.9 Å². The van der Waals surface area contributed by atoms with Crippen LogP contribution < -0.4 is 0 Å². The number of Topliss-reactive ketones (excluding diaryl/α,β-unsaturated/α-hetero) is 1. The van der Waals surface area contributed by atoms with Gasteiger partial charge in [-0.2, -0.15) is 0 Å². The summed E-state index contributed by atoms with van der Waals surface area (Å²) >= 11 is 0. The normalized spacial score (nSPS) is 20.8. The summed E-state index contributed by atoms with van der Waals surface area (Å²) in [6.07, 6.45) is 16.2. The van der Waals surface area contributed by atoms with Crippen molar-refractivity contribution in [3.05, 3.63) is 59.7 Å². The van der Waals surface area contributed by atoms with E-state index in [1.807, 2.05) is 0 Å². The summed E-state index contributed by atoms with van der Waals surface area (Å²) in [5.41, 5.74) is 1.83. The molecule has 1 aliphatic rings. The van der Waals surface area contributed by atoms with Gasteiger partial charge in [-0.05, 0) is 55.4 Å². The molecule has 2 aromatic carbocycles. The molecule has 0 radical (unpaired) electrons. The van der Waals surface area contributed by atoms with Crippen LogP contribution in [0.25, 0.3) is 10.8 Å². The molecule has 2 nitrogen and oxygen atoms in total. The second kappa shape index (κ2) is 9.70. The van der Waals surface area contributed by atoms with E-state index in [1.54, 1.807) is 6.92 Å². The summed E-state index contributed by atoms with van der Waals surface area (Å²) in [6, 6.07) is 14.8. The van der Waals surface area contributed by atoms with Crippen molar-refractivity contribution in [2.24, 2.45) is 11.3 Å². The number of carbonyl (C=O) groups is 2. The Morgan fingerprint density at radius 3 is 2.69 bits per heavy atom. The first kappa shape index (κ1) is 21.1. The average molecular weight is 387 g/mol. The number of benzene rings is 2. The molecule has 0 fully saturated rings. The van der Waals surface area contributed by atoms with Crippen LogP contribution in [0.5, 0.6) is 0 Å². The SMILES string of the molecule is C#CC1([C@@H](C=O)CC(C)=O)CCCCCC=C1CCc1cccc2ccccc12. The van der Waals surface area contributed by atoms with Gasteiger partial charge in [0.15, 0.2) is 0 Å². The Kier molecular flexibility index (Phi) is 7.04. The highest BCUT2D eigenvalue weighted by Gasteiger charge is 2.40. The molecule has 0 spiro atoms. The largest absolute Gasteiger partial charge is 0.303 e. The highest BCUT2D eigenvalue weighted by molar-refractivity contribution is 5.85. The van der Waals surface area contributed by atoms with Gasteiger partial charge in [-0.1, -0.05) is 72.9 Å². The molecule has 0 saturated heterocycles. The third-order valence-corrected chi connectivity index (χ3v) is 6.34. The number of carbonyl (C=O) groups excluding carboxylic acids is 2. The molecule has 2 heteroatoms. The molecule has 0 aromatic heterocycles. The quantitative estimate of drug-likeness (QED) is 0.328. The van der Waals surface area contributed by atoms with Gasteiger partial charge in [-0.25, -0.2) is 0 Å². The predicted octanol–water partition coefficient (Wildman–Crippen LogP) is 6.08. The van der Waals surface area contributed by atoms with Crippen LogP contribution in [-0.2, 0) is 16.0 Å². The Balaban J connectivity index is 1.95. The fourth-order valence-electron chi connectivity index (χ4n) is 4.79. The van der Waals surface area contributed by atoms with Gasteiger partial charge >= 0.3 is 0 Å². The lowest BCUT2D eigenvalue weighted by Crippen LogP contribution is -2.35. The van der Waals surface area contributed by atoms with Crippen LogP contribution in [0.2, 0.25) is 0 Å². The van der Waals surface area contributed by atoms with Gasteiger partial charge in [0.05, 0.1) is 5.41 Å². The molecule has 1 aliphatic carbocycles. The number of allylic oxidation sites excluding steroid dienone is 2. The van der Waals surface area contributed by atoms with E-state index in [0.29, 0.717) is 0 Å². The van der Waals surface area contributed by atoms with Gasteiger partial charge in [0, 0.05) is 12.3 Å². The minimum absolute atomic E-state index is 0.0205. The molecule has 150 valence electrons. The summed E-state index contributed by atoms with van der Waals surface area (Å²) in [5.74, 6) is 2.59. The maximum absolute atomic E-state index is 12.0. The Hall–Kier alpha value is -2.66. The third-order valence-electron chi connectivity index (χ3n) is 6.34. The molecule has 29 heavy (non-hydrogen) atoms. The molecule has 0 heterocycles. The second-order valence-electron chi connectivity index (χ2n) is 8.23. The Morgan fingerprint density at radius 2 is 1.93 bits per heavy atom. The number of fused-ring (bicyclic) bond motifs is 1. The number of aryl methyl sites for hydroxylation is 1. The maximum atomic E-state index is 12.0. The molecule has 2 aromatic rings. The first-order valence-corrected chi connectivity index (χ1v) is 10.7. The van der Waals surface area contributed by atoms with Gasteiger partial charge in [0.1, 0.15) is 12.1 Å². The van der Waals surface area contributed by atoms with Crippen LogP contribution in [0.3, 0.4) is 0 Å². The van der Waals surface area contributed by atoms with Gasteiger partial charge in [0.25, 0.3) is 0 Å². The lowest BCUT2D eigenvalue weighted by Gasteiger charge is -2.37. The number of aldehydes is 1. The van der Waals surface area contributed by atoms with Crippen LogP contribution in [0.1, 0.15) is 57.4 Å². The molecule has 3 rings (SSSR count). The Morgan fingerprint density at radius 1 is 1.14 bits per heavy atom. The number of ketones is 1. The monoisotopic (exact) mass is 386 g/mol. The van der Waals surface area contributed by atoms with Crippen molar-refractivity contribution in [1.29, 1.82) is 0 Å². The minimum Gasteiger partial charge on any atom is -0.303 e. The molecule has 0 N–H and O–H groups in total. The molecule has 0 saturated carbocycles. The van der Waals surface area contributed by atoms with Gasteiger partial charge in [-0.3, -0.25) is 0 Å². The van der Waals surface area contributed by atoms with Crippen molar-refractivity contribution in [3.8, 4) is 12.3 Å². The standard InChI is InChI=1S/C27H30O2/c1-3-27(25(20-28)19-21(2)29)18-9-5-4-6-14-24(27)17-16-23-13-10-12-22-11-7-8-15-26(22)23/h1,7-8,10-15,20,25H,4-6,9,16-19H2,2H3/t25-,27?/m1/s1. The van der Waals surface area contributed by atoms with Crippen LogP contribution in [0, 0.1) is 23.7 Å². The topological polar surface area (TPSA) is 34.1 Å². The van der Waals surface area contributed by atoms with E-state index < -0.39 is 11.3 Å². The van der Waals surface area contributed by atoms with Crippen LogP contribution in [-0.4, -0.2) is 12.1 Å². The predicted molar refractivity (Wildman–Crippen MR) is 120 cm³/mol.